The maximum absolute atomic E-state index is 12.9. The Balaban J connectivity index is 1.65. The Bertz CT molecular complexity index is 985. The normalized spacial score (nSPS) is 11.3. The molecular formula is C19H12Cl2F3NO3. The summed E-state index contributed by atoms with van der Waals surface area (Å²) in [5.74, 6) is 0.159. The molecule has 0 fully saturated rings. The van der Waals surface area contributed by atoms with E-state index in [0.717, 1.165) is 12.1 Å². The largest absolute Gasteiger partial charge is 0.486 e. The molecule has 0 aliphatic heterocycles. The second kappa shape index (κ2) is 8.16. The van der Waals surface area contributed by atoms with Crippen molar-refractivity contribution in [3.8, 4) is 5.75 Å². The Morgan fingerprint density at radius 3 is 2.43 bits per heavy atom. The van der Waals surface area contributed by atoms with E-state index in [4.69, 9.17) is 32.4 Å². The molecule has 3 rings (SSSR count). The van der Waals surface area contributed by atoms with Gasteiger partial charge in [0.2, 0.25) is 0 Å². The number of nitrogens with one attached hydrogen (secondary N) is 1. The van der Waals surface area contributed by atoms with Crippen LogP contribution < -0.4 is 10.1 Å². The Labute approximate surface area is 167 Å². The Morgan fingerprint density at radius 2 is 1.75 bits per heavy atom. The quantitative estimate of drug-likeness (QED) is 0.507. The van der Waals surface area contributed by atoms with Gasteiger partial charge in [0.05, 0.1) is 10.6 Å². The first-order valence-electron chi connectivity index (χ1n) is 7.87. The second-order valence-electron chi connectivity index (χ2n) is 5.66. The number of ether oxygens (including phenoxy) is 1. The molecule has 0 saturated carbocycles. The van der Waals surface area contributed by atoms with E-state index in [1.54, 1.807) is 24.3 Å². The fraction of sp³-hybridized carbons (Fsp3) is 0.105. The van der Waals surface area contributed by atoms with Crippen molar-refractivity contribution < 1.29 is 27.1 Å². The number of carbonyl (C=O) groups excluding carboxylic acids is 1. The van der Waals surface area contributed by atoms with Gasteiger partial charge in [0, 0.05) is 10.7 Å². The van der Waals surface area contributed by atoms with Crippen LogP contribution in [0.25, 0.3) is 0 Å². The Morgan fingerprint density at radius 1 is 1.04 bits per heavy atom. The molecule has 1 amide bonds. The predicted molar refractivity (Wildman–Crippen MR) is 98.9 cm³/mol. The number of halogens is 5. The van der Waals surface area contributed by atoms with Gasteiger partial charge in [-0.1, -0.05) is 23.2 Å². The number of hydrogen-bond acceptors (Lipinski definition) is 3. The molecule has 0 unspecified atom stereocenters. The zero-order valence-corrected chi connectivity index (χ0v) is 15.5. The van der Waals surface area contributed by atoms with Crippen molar-refractivity contribution in [1.29, 1.82) is 0 Å². The average Bonchev–Trinajstić information content (AvgIpc) is 3.11. The van der Waals surface area contributed by atoms with Gasteiger partial charge in [-0.15, -0.1) is 0 Å². The van der Waals surface area contributed by atoms with Crippen LogP contribution in [-0.4, -0.2) is 5.91 Å². The number of benzene rings is 2. The van der Waals surface area contributed by atoms with Crippen molar-refractivity contribution in [2.24, 2.45) is 0 Å². The van der Waals surface area contributed by atoms with Crippen LogP contribution in [0.5, 0.6) is 5.75 Å². The molecule has 9 heteroatoms. The topological polar surface area (TPSA) is 51.5 Å². The number of anilines is 1. The average molecular weight is 430 g/mol. The third kappa shape index (κ3) is 4.99. The highest BCUT2D eigenvalue weighted by molar-refractivity contribution is 6.31. The molecule has 3 aromatic rings. The zero-order chi connectivity index (χ0) is 20.3. The van der Waals surface area contributed by atoms with Crippen LogP contribution in [0.2, 0.25) is 10.0 Å². The SMILES string of the molecule is O=C(Nc1ccc(Cl)c(C(F)(F)F)c1)c1ccc(COc2ccc(Cl)cc2)o1. The van der Waals surface area contributed by atoms with Gasteiger partial charge in [0.25, 0.3) is 5.91 Å². The summed E-state index contributed by atoms with van der Waals surface area (Å²) in [4.78, 5) is 12.2. The summed E-state index contributed by atoms with van der Waals surface area (Å²) in [6, 6.07) is 12.7. The number of amides is 1. The third-order valence-corrected chi connectivity index (χ3v) is 4.19. The molecule has 146 valence electrons. The fourth-order valence-electron chi connectivity index (χ4n) is 2.28. The highest BCUT2D eigenvalue weighted by atomic mass is 35.5. The summed E-state index contributed by atoms with van der Waals surface area (Å²) in [6.07, 6.45) is -4.63. The maximum Gasteiger partial charge on any atom is 0.417 e. The van der Waals surface area contributed by atoms with Gasteiger partial charge in [0.15, 0.2) is 5.76 Å². The molecule has 0 atom stereocenters. The molecule has 1 N–H and O–H groups in total. The lowest BCUT2D eigenvalue weighted by Gasteiger charge is -2.11. The van der Waals surface area contributed by atoms with Crippen molar-refractivity contribution in [2.45, 2.75) is 12.8 Å². The lowest BCUT2D eigenvalue weighted by Crippen LogP contribution is -2.13. The minimum absolute atomic E-state index is 0.0583. The van der Waals surface area contributed by atoms with Crippen LogP contribution in [0.3, 0.4) is 0 Å². The summed E-state index contributed by atoms with van der Waals surface area (Å²) >= 11 is 11.3. The fourth-order valence-corrected chi connectivity index (χ4v) is 2.63. The molecule has 0 aliphatic rings. The molecule has 28 heavy (non-hydrogen) atoms. The lowest BCUT2D eigenvalue weighted by atomic mass is 10.2. The molecule has 1 heterocycles. The van der Waals surface area contributed by atoms with Crippen LogP contribution >= 0.6 is 23.2 Å². The highest BCUT2D eigenvalue weighted by Crippen LogP contribution is 2.36. The number of hydrogen-bond donors (Lipinski definition) is 1. The van der Waals surface area contributed by atoms with Crippen LogP contribution in [-0.2, 0) is 12.8 Å². The first kappa shape index (κ1) is 20.1. The predicted octanol–water partition coefficient (Wildman–Crippen LogP) is 6.44. The van der Waals surface area contributed by atoms with Gasteiger partial charge in [0.1, 0.15) is 18.1 Å². The Hall–Kier alpha value is -2.64. The summed E-state index contributed by atoms with van der Waals surface area (Å²) < 4.78 is 49.6. The van der Waals surface area contributed by atoms with E-state index in [9.17, 15) is 18.0 Å². The molecule has 0 aliphatic carbocycles. The second-order valence-corrected chi connectivity index (χ2v) is 6.50. The van der Waals surface area contributed by atoms with Crippen LogP contribution in [0.1, 0.15) is 21.9 Å². The van der Waals surface area contributed by atoms with E-state index in [0.29, 0.717) is 16.5 Å². The monoisotopic (exact) mass is 429 g/mol. The molecular weight excluding hydrogens is 418 g/mol. The maximum atomic E-state index is 12.9. The van der Waals surface area contributed by atoms with Crippen molar-refractivity contribution in [2.75, 3.05) is 5.32 Å². The van der Waals surface area contributed by atoms with Gasteiger partial charge < -0.3 is 14.5 Å². The summed E-state index contributed by atoms with van der Waals surface area (Å²) in [5.41, 5.74) is -1.10. The third-order valence-electron chi connectivity index (χ3n) is 3.61. The molecule has 1 aromatic heterocycles. The first-order chi connectivity index (χ1) is 13.2. The lowest BCUT2D eigenvalue weighted by molar-refractivity contribution is -0.137. The van der Waals surface area contributed by atoms with E-state index < -0.39 is 22.7 Å². The van der Waals surface area contributed by atoms with Crippen molar-refractivity contribution in [3.05, 3.63) is 81.7 Å². The minimum Gasteiger partial charge on any atom is -0.486 e. The molecule has 0 radical (unpaired) electrons. The summed E-state index contributed by atoms with van der Waals surface area (Å²) in [5, 5.41) is 2.46. The number of alkyl halides is 3. The van der Waals surface area contributed by atoms with Gasteiger partial charge in [-0.25, -0.2) is 0 Å². The molecule has 0 saturated heterocycles. The summed E-state index contributed by atoms with van der Waals surface area (Å²) in [6.45, 7) is 0.0636. The standard InChI is InChI=1S/C19H12Cl2F3NO3/c20-11-1-4-13(5-2-11)27-10-14-6-8-17(28-14)18(26)25-12-3-7-16(21)15(9-12)19(22,23)24/h1-9H,10H2,(H,25,26). The molecule has 4 nitrogen and oxygen atoms in total. The van der Waals surface area contributed by atoms with E-state index in [1.165, 1.54) is 18.2 Å². The smallest absolute Gasteiger partial charge is 0.417 e. The van der Waals surface area contributed by atoms with Crippen molar-refractivity contribution >= 4 is 34.8 Å². The van der Waals surface area contributed by atoms with Crippen molar-refractivity contribution in [3.63, 3.8) is 0 Å². The van der Waals surface area contributed by atoms with Gasteiger partial charge in [-0.3, -0.25) is 4.79 Å². The van der Waals surface area contributed by atoms with Crippen molar-refractivity contribution in [1.82, 2.24) is 0 Å². The van der Waals surface area contributed by atoms with Gasteiger partial charge in [-0.2, -0.15) is 13.2 Å². The highest BCUT2D eigenvalue weighted by Gasteiger charge is 2.33. The van der Waals surface area contributed by atoms with E-state index in [-0.39, 0.29) is 18.1 Å². The van der Waals surface area contributed by atoms with Gasteiger partial charge in [-0.05, 0) is 54.6 Å². The van der Waals surface area contributed by atoms with Gasteiger partial charge >= 0.3 is 6.18 Å². The van der Waals surface area contributed by atoms with Crippen LogP contribution in [0.15, 0.2) is 59.0 Å². The van der Waals surface area contributed by atoms with Crippen LogP contribution in [0.4, 0.5) is 18.9 Å². The first-order valence-corrected chi connectivity index (χ1v) is 8.63. The zero-order valence-electron chi connectivity index (χ0n) is 14.0. The summed E-state index contributed by atoms with van der Waals surface area (Å²) in [7, 11) is 0. The number of furan rings is 1. The minimum atomic E-state index is -4.63. The van der Waals surface area contributed by atoms with E-state index in [1.807, 2.05) is 0 Å². The van der Waals surface area contributed by atoms with E-state index in [2.05, 4.69) is 5.32 Å². The van der Waals surface area contributed by atoms with E-state index >= 15 is 0 Å². The Kier molecular flexibility index (Phi) is 5.86. The molecule has 0 spiro atoms. The number of carbonyl (C=O) groups is 1. The number of rotatable bonds is 5. The molecule has 0 bridgehead atoms. The molecule has 2 aromatic carbocycles. The van der Waals surface area contributed by atoms with Crippen LogP contribution in [0, 0.1) is 0 Å².